The van der Waals surface area contributed by atoms with E-state index >= 15 is 0 Å². The molecule has 1 amide bonds. The van der Waals surface area contributed by atoms with Crippen LogP contribution in [0.25, 0.3) is 0 Å². The van der Waals surface area contributed by atoms with E-state index < -0.39 is 15.9 Å². The van der Waals surface area contributed by atoms with E-state index in [-0.39, 0.29) is 5.57 Å². The van der Waals surface area contributed by atoms with E-state index in [1.54, 1.807) is 0 Å². The highest BCUT2D eigenvalue weighted by atomic mass is 32.2. The van der Waals surface area contributed by atoms with Crippen LogP contribution in [0.1, 0.15) is 6.92 Å². The zero-order chi connectivity index (χ0) is 8.36. The SMILES string of the molecule is C/C(=C\S(N)(=O)=O)C(N)=O. The van der Waals surface area contributed by atoms with Crippen molar-refractivity contribution in [2.45, 2.75) is 6.92 Å². The summed E-state index contributed by atoms with van der Waals surface area (Å²) in [4.78, 5) is 10.2. The number of rotatable bonds is 2. The molecule has 0 aromatic rings. The van der Waals surface area contributed by atoms with Crippen LogP contribution in [-0.4, -0.2) is 14.3 Å². The summed E-state index contributed by atoms with van der Waals surface area (Å²) in [6.07, 6.45) is 0. The molecule has 0 aromatic carbocycles. The first kappa shape index (κ1) is 9.12. The number of sulfonamides is 1. The second-order valence-electron chi connectivity index (χ2n) is 1.75. The molecule has 0 bridgehead atoms. The molecule has 0 heterocycles. The second kappa shape index (κ2) is 2.80. The van der Waals surface area contributed by atoms with Crippen molar-refractivity contribution in [2.75, 3.05) is 0 Å². The highest BCUT2D eigenvalue weighted by molar-refractivity contribution is 7.92. The Morgan fingerprint density at radius 3 is 2.00 bits per heavy atom. The number of carbonyl (C=O) groups excluding carboxylic acids is 1. The molecule has 0 rings (SSSR count). The Bertz CT molecular complexity index is 264. The summed E-state index contributed by atoms with van der Waals surface area (Å²) in [7, 11) is -3.73. The lowest BCUT2D eigenvalue weighted by molar-refractivity contribution is -0.114. The number of amides is 1. The van der Waals surface area contributed by atoms with E-state index in [0.717, 1.165) is 0 Å². The van der Waals surface area contributed by atoms with Gasteiger partial charge >= 0.3 is 0 Å². The van der Waals surface area contributed by atoms with E-state index in [1.807, 2.05) is 0 Å². The number of hydrogen-bond acceptors (Lipinski definition) is 3. The molecule has 0 aliphatic carbocycles. The maximum atomic E-state index is 10.2. The molecule has 58 valence electrons. The molecule has 0 aromatic heterocycles. The van der Waals surface area contributed by atoms with Gasteiger partial charge in [0, 0.05) is 5.57 Å². The molecule has 10 heavy (non-hydrogen) atoms. The van der Waals surface area contributed by atoms with Crippen LogP contribution in [0.3, 0.4) is 0 Å². The Kier molecular flexibility index (Phi) is 2.56. The van der Waals surface area contributed by atoms with Gasteiger partial charge in [0.25, 0.3) is 0 Å². The summed E-state index contributed by atoms with van der Waals surface area (Å²) in [5, 5.41) is 5.18. The summed E-state index contributed by atoms with van der Waals surface area (Å²) in [5.74, 6) is -0.797. The maximum Gasteiger partial charge on any atom is 0.245 e. The van der Waals surface area contributed by atoms with E-state index in [2.05, 4.69) is 5.14 Å². The minimum Gasteiger partial charge on any atom is -0.366 e. The van der Waals surface area contributed by atoms with Crippen LogP contribution in [0.5, 0.6) is 0 Å². The predicted molar refractivity (Wildman–Crippen MR) is 36.1 cm³/mol. The van der Waals surface area contributed by atoms with Crippen LogP contribution in [0.15, 0.2) is 11.0 Å². The monoisotopic (exact) mass is 164 g/mol. The lowest BCUT2D eigenvalue weighted by Gasteiger charge is -1.90. The summed E-state index contributed by atoms with van der Waals surface area (Å²) >= 11 is 0. The van der Waals surface area contributed by atoms with Gasteiger partial charge in [-0.2, -0.15) is 0 Å². The summed E-state index contributed by atoms with van der Waals surface area (Å²) in [6.45, 7) is 1.27. The Morgan fingerprint density at radius 1 is 1.50 bits per heavy atom. The molecule has 5 nitrogen and oxygen atoms in total. The first-order valence-electron chi connectivity index (χ1n) is 2.34. The molecule has 0 saturated carbocycles. The largest absolute Gasteiger partial charge is 0.366 e. The molecule has 0 atom stereocenters. The van der Waals surface area contributed by atoms with Crippen molar-refractivity contribution in [1.82, 2.24) is 0 Å². The van der Waals surface area contributed by atoms with Crippen molar-refractivity contribution in [1.29, 1.82) is 0 Å². The number of primary sulfonamides is 1. The van der Waals surface area contributed by atoms with Crippen LogP contribution >= 0.6 is 0 Å². The Balaban J connectivity index is 4.66. The Labute approximate surface area is 58.7 Å². The van der Waals surface area contributed by atoms with E-state index in [4.69, 9.17) is 5.73 Å². The van der Waals surface area contributed by atoms with Gasteiger partial charge in [0.15, 0.2) is 0 Å². The van der Waals surface area contributed by atoms with Gasteiger partial charge in [-0.25, -0.2) is 13.6 Å². The van der Waals surface area contributed by atoms with Gasteiger partial charge in [-0.1, -0.05) is 0 Å². The zero-order valence-corrected chi connectivity index (χ0v) is 6.18. The maximum absolute atomic E-state index is 10.2. The van der Waals surface area contributed by atoms with Crippen molar-refractivity contribution in [3.63, 3.8) is 0 Å². The molecular weight excluding hydrogens is 156 g/mol. The standard InChI is InChI=1S/C4H8N2O3S/c1-3(4(5)7)2-10(6,8)9/h2H,1H3,(H2,5,7)(H2,6,8,9)/b3-2+. The molecule has 0 fully saturated rings. The van der Waals surface area contributed by atoms with Gasteiger partial charge in [-0.15, -0.1) is 0 Å². The molecule has 0 unspecified atom stereocenters. The zero-order valence-electron chi connectivity index (χ0n) is 5.37. The fraction of sp³-hybridized carbons (Fsp3) is 0.250. The highest BCUT2D eigenvalue weighted by Crippen LogP contribution is 1.92. The van der Waals surface area contributed by atoms with Gasteiger partial charge in [0.1, 0.15) is 0 Å². The average Bonchev–Trinajstić information content (AvgIpc) is 1.60. The lowest BCUT2D eigenvalue weighted by Crippen LogP contribution is -2.15. The van der Waals surface area contributed by atoms with Crippen LogP contribution < -0.4 is 10.9 Å². The minimum absolute atomic E-state index is 0.0810. The third kappa shape index (κ3) is 4.04. The first-order chi connectivity index (χ1) is 4.33. The van der Waals surface area contributed by atoms with Crippen molar-refractivity contribution in [3.05, 3.63) is 11.0 Å². The third-order valence-electron chi connectivity index (χ3n) is 0.730. The number of primary amides is 1. The molecule has 0 saturated heterocycles. The molecule has 4 N–H and O–H groups in total. The summed E-state index contributed by atoms with van der Waals surface area (Å²) in [5.41, 5.74) is 4.63. The van der Waals surface area contributed by atoms with Gasteiger partial charge in [-0.3, -0.25) is 4.79 Å². The molecule has 0 aliphatic heterocycles. The summed E-state index contributed by atoms with van der Waals surface area (Å²) in [6, 6.07) is 0. The van der Waals surface area contributed by atoms with Crippen molar-refractivity contribution >= 4 is 15.9 Å². The summed E-state index contributed by atoms with van der Waals surface area (Å²) < 4.78 is 20.5. The fourth-order valence-electron chi connectivity index (χ4n) is 0.304. The lowest BCUT2D eigenvalue weighted by atomic mass is 10.3. The molecule has 6 heteroatoms. The normalized spacial score (nSPS) is 13.2. The number of nitrogens with two attached hydrogens (primary N) is 2. The smallest absolute Gasteiger partial charge is 0.245 e. The van der Waals surface area contributed by atoms with Crippen molar-refractivity contribution < 1.29 is 13.2 Å². The van der Waals surface area contributed by atoms with Crippen molar-refractivity contribution in [2.24, 2.45) is 10.9 Å². The van der Waals surface area contributed by atoms with Gasteiger partial charge in [0.2, 0.25) is 15.9 Å². The quantitative estimate of drug-likeness (QED) is 0.494. The second-order valence-corrected chi connectivity index (χ2v) is 3.17. The van der Waals surface area contributed by atoms with E-state index in [0.29, 0.717) is 5.41 Å². The Morgan fingerprint density at radius 2 is 1.90 bits per heavy atom. The van der Waals surface area contributed by atoms with Crippen molar-refractivity contribution in [3.8, 4) is 0 Å². The van der Waals surface area contributed by atoms with Crippen LogP contribution in [-0.2, 0) is 14.8 Å². The highest BCUT2D eigenvalue weighted by Gasteiger charge is 2.02. The number of hydrogen-bond donors (Lipinski definition) is 2. The Hall–Kier alpha value is -0.880. The predicted octanol–water partition coefficient (Wildman–Crippen LogP) is -1.34. The van der Waals surface area contributed by atoms with Crippen LogP contribution in [0.4, 0.5) is 0 Å². The molecule has 0 radical (unpaired) electrons. The van der Waals surface area contributed by atoms with Gasteiger partial charge in [-0.05, 0) is 6.92 Å². The van der Waals surface area contributed by atoms with Crippen LogP contribution in [0, 0.1) is 0 Å². The van der Waals surface area contributed by atoms with Gasteiger partial charge in [0.05, 0.1) is 5.41 Å². The minimum atomic E-state index is -3.73. The van der Waals surface area contributed by atoms with E-state index in [9.17, 15) is 13.2 Å². The molecule has 0 spiro atoms. The molecular formula is C4H8N2O3S. The molecule has 0 aliphatic rings. The first-order valence-corrected chi connectivity index (χ1v) is 3.95. The van der Waals surface area contributed by atoms with Gasteiger partial charge < -0.3 is 5.73 Å². The van der Waals surface area contributed by atoms with Crippen LogP contribution in [0.2, 0.25) is 0 Å². The fourth-order valence-corrected chi connectivity index (χ4v) is 0.913. The third-order valence-corrected chi connectivity index (χ3v) is 1.41. The van der Waals surface area contributed by atoms with E-state index in [1.165, 1.54) is 6.92 Å². The topological polar surface area (TPSA) is 103 Å². The average molecular weight is 164 g/mol. The number of carbonyl (C=O) groups is 1.